The summed E-state index contributed by atoms with van der Waals surface area (Å²) in [7, 11) is 1.66. The molecule has 1 aliphatic heterocycles. The molecule has 0 bridgehead atoms. The monoisotopic (exact) mass is 267 g/mol. The lowest BCUT2D eigenvalue weighted by Crippen LogP contribution is -2.39. The van der Waals surface area contributed by atoms with Crippen LogP contribution in [0.25, 0.3) is 0 Å². The van der Waals surface area contributed by atoms with Gasteiger partial charge in [0.1, 0.15) is 11.5 Å². The number of rotatable bonds is 3. The van der Waals surface area contributed by atoms with Crippen LogP contribution < -0.4 is 4.74 Å². The van der Waals surface area contributed by atoms with Crippen LogP contribution in [-0.2, 0) is 11.3 Å². The van der Waals surface area contributed by atoms with E-state index in [-0.39, 0.29) is 5.92 Å². The average Bonchev–Trinajstić information content (AvgIpc) is 2.34. The predicted octanol–water partition coefficient (Wildman–Crippen LogP) is 2.76. The van der Waals surface area contributed by atoms with Crippen LogP contribution in [0.4, 0.5) is 0 Å². The molecule has 1 saturated heterocycles. The number of piperidine rings is 1. The van der Waals surface area contributed by atoms with Gasteiger partial charge in [-0.3, -0.25) is 9.69 Å². The minimum Gasteiger partial charge on any atom is -0.496 e. The van der Waals surface area contributed by atoms with Crippen molar-refractivity contribution < 1.29 is 9.53 Å². The second kappa shape index (κ2) is 5.72. The third-order valence-corrected chi connectivity index (χ3v) is 3.63. The fraction of sp³-hybridized carbons (Fsp3) is 0.500. The van der Waals surface area contributed by atoms with Crippen molar-refractivity contribution in [2.24, 2.45) is 5.92 Å². The van der Waals surface area contributed by atoms with Gasteiger partial charge in [-0.15, -0.1) is 0 Å². The van der Waals surface area contributed by atoms with Crippen LogP contribution >= 0.6 is 11.6 Å². The molecule has 0 aromatic heterocycles. The van der Waals surface area contributed by atoms with E-state index in [1.165, 1.54) is 0 Å². The number of benzene rings is 1. The second-order valence-corrected chi connectivity index (χ2v) is 5.25. The van der Waals surface area contributed by atoms with Crippen molar-refractivity contribution in [3.05, 3.63) is 28.8 Å². The number of carbonyl (C=O) groups is 1. The van der Waals surface area contributed by atoms with E-state index < -0.39 is 0 Å². The van der Waals surface area contributed by atoms with Gasteiger partial charge in [0.25, 0.3) is 0 Å². The summed E-state index contributed by atoms with van der Waals surface area (Å²) in [5, 5.41) is 0.715. The van der Waals surface area contributed by atoms with Gasteiger partial charge >= 0.3 is 0 Å². The van der Waals surface area contributed by atoms with E-state index in [2.05, 4.69) is 4.90 Å². The molecule has 0 spiro atoms. The number of ether oxygens (including phenoxy) is 1. The van der Waals surface area contributed by atoms with Crippen molar-refractivity contribution in [1.29, 1.82) is 0 Å². The molecule has 0 aliphatic carbocycles. The van der Waals surface area contributed by atoms with Crippen LogP contribution in [0, 0.1) is 5.92 Å². The Kier molecular flexibility index (Phi) is 4.25. The Morgan fingerprint density at radius 1 is 1.50 bits per heavy atom. The zero-order chi connectivity index (χ0) is 13.1. The van der Waals surface area contributed by atoms with E-state index in [0.717, 1.165) is 30.9 Å². The zero-order valence-corrected chi connectivity index (χ0v) is 11.5. The lowest BCUT2D eigenvalue weighted by Gasteiger charge is -2.30. The molecular formula is C14H18ClNO2. The summed E-state index contributed by atoms with van der Waals surface area (Å²) in [5.74, 6) is 1.34. The average molecular weight is 268 g/mol. The number of halogens is 1. The van der Waals surface area contributed by atoms with E-state index >= 15 is 0 Å². The van der Waals surface area contributed by atoms with E-state index in [0.29, 0.717) is 17.2 Å². The summed E-state index contributed by atoms with van der Waals surface area (Å²) in [6.45, 7) is 4.40. The van der Waals surface area contributed by atoms with Crippen LogP contribution in [0.3, 0.4) is 0 Å². The summed E-state index contributed by atoms with van der Waals surface area (Å²) in [6, 6.07) is 5.64. The number of nitrogens with zero attached hydrogens (tertiary/aromatic N) is 1. The van der Waals surface area contributed by atoms with Gasteiger partial charge in [0.2, 0.25) is 0 Å². The smallest absolute Gasteiger partial charge is 0.138 e. The molecule has 2 rings (SSSR count). The molecule has 1 heterocycles. The van der Waals surface area contributed by atoms with E-state index in [1.54, 1.807) is 7.11 Å². The van der Waals surface area contributed by atoms with E-state index in [1.807, 2.05) is 25.1 Å². The summed E-state index contributed by atoms with van der Waals surface area (Å²) in [4.78, 5) is 13.8. The van der Waals surface area contributed by atoms with Crippen molar-refractivity contribution in [2.75, 3.05) is 20.2 Å². The van der Waals surface area contributed by atoms with Gasteiger partial charge in [-0.1, -0.05) is 18.5 Å². The number of hydrogen-bond acceptors (Lipinski definition) is 3. The minimum absolute atomic E-state index is 0.129. The number of ketones is 1. The Hall–Kier alpha value is -1.06. The topological polar surface area (TPSA) is 29.5 Å². The quantitative estimate of drug-likeness (QED) is 0.843. The third-order valence-electron chi connectivity index (χ3n) is 3.39. The number of carbonyl (C=O) groups excluding carboxylic acids is 1. The molecular weight excluding hydrogens is 250 g/mol. The molecule has 0 radical (unpaired) electrons. The highest BCUT2D eigenvalue weighted by Crippen LogP contribution is 2.25. The summed E-state index contributed by atoms with van der Waals surface area (Å²) < 4.78 is 5.34. The Balaban J connectivity index is 2.09. The number of hydrogen-bond donors (Lipinski definition) is 0. The standard InChI is InChI=1S/C14H18ClNO2/c1-10-8-16(6-5-13(10)17)9-11-7-12(15)3-4-14(11)18-2/h3-4,7,10H,5-6,8-9H2,1-2H3. The van der Waals surface area contributed by atoms with Crippen LogP contribution in [0.2, 0.25) is 5.02 Å². The molecule has 1 unspecified atom stereocenters. The summed E-state index contributed by atoms with van der Waals surface area (Å²) >= 11 is 6.02. The number of methoxy groups -OCH3 is 1. The van der Waals surface area contributed by atoms with Crippen molar-refractivity contribution in [3.8, 4) is 5.75 Å². The van der Waals surface area contributed by atoms with Gasteiger partial charge in [-0.2, -0.15) is 0 Å². The molecule has 4 heteroatoms. The maximum atomic E-state index is 11.5. The van der Waals surface area contributed by atoms with Gasteiger partial charge < -0.3 is 4.74 Å². The molecule has 1 atom stereocenters. The molecule has 1 aromatic rings. The van der Waals surface area contributed by atoms with Gasteiger partial charge in [-0.05, 0) is 18.2 Å². The number of Topliss-reactive ketones (excluding diaryl/α,β-unsaturated/α-hetero) is 1. The van der Waals surface area contributed by atoms with E-state index in [4.69, 9.17) is 16.3 Å². The third kappa shape index (κ3) is 3.03. The molecule has 1 aliphatic rings. The molecule has 0 amide bonds. The first-order valence-electron chi connectivity index (χ1n) is 6.17. The number of likely N-dealkylation sites (tertiary alicyclic amines) is 1. The van der Waals surface area contributed by atoms with Crippen molar-refractivity contribution in [1.82, 2.24) is 4.90 Å². The maximum absolute atomic E-state index is 11.5. The SMILES string of the molecule is COc1ccc(Cl)cc1CN1CCC(=O)C(C)C1. The summed E-state index contributed by atoms with van der Waals surface area (Å²) in [5.41, 5.74) is 1.08. The molecule has 18 heavy (non-hydrogen) atoms. The molecule has 1 aromatic carbocycles. The predicted molar refractivity (Wildman–Crippen MR) is 72.1 cm³/mol. The van der Waals surface area contributed by atoms with Gasteiger partial charge in [0.05, 0.1) is 7.11 Å². The largest absolute Gasteiger partial charge is 0.496 e. The Bertz CT molecular complexity index is 447. The van der Waals surface area contributed by atoms with Gasteiger partial charge in [0.15, 0.2) is 0 Å². The molecule has 0 saturated carbocycles. The first kappa shape index (κ1) is 13.4. The first-order chi connectivity index (χ1) is 8.60. The molecule has 1 fully saturated rings. The van der Waals surface area contributed by atoms with Crippen molar-refractivity contribution in [3.63, 3.8) is 0 Å². The van der Waals surface area contributed by atoms with Gasteiger partial charge in [0, 0.05) is 42.6 Å². The minimum atomic E-state index is 0.129. The van der Waals surface area contributed by atoms with Crippen LogP contribution in [0.1, 0.15) is 18.9 Å². The highest BCUT2D eigenvalue weighted by molar-refractivity contribution is 6.30. The van der Waals surface area contributed by atoms with Crippen molar-refractivity contribution >= 4 is 17.4 Å². The highest BCUT2D eigenvalue weighted by atomic mass is 35.5. The second-order valence-electron chi connectivity index (χ2n) is 4.81. The Morgan fingerprint density at radius 3 is 2.94 bits per heavy atom. The lowest BCUT2D eigenvalue weighted by molar-refractivity contribution is -0.125. The molecule has 98 valence electrons. The van der Waals surface area contributed by atoms with Crippen LogP contribution in [0.15, 0.2) is 18.2 Å². The Labute approximate surface area is 113 Å². The fourth-order valence-corrected chi connectivity index (χ4v) is 2.55. The van der Waals surface area contributed by atoms with Crippen LogP contribution in [0.5, 0.6) is 5.75 Å². The molecule has 3 nitrogen and oxygen atoms in total. The van der Waals surface area contributed by atoms with Crippen molar-refractivity contribution in [2.45, 2.75) is 19.9 Å². The van der Waals surface area contributed by atoms with Crippen LogP contribution in [-0.4, -0.2) is 30.9 Å². The van der Waals surface area contributed by atoms with E-state index in [9.17, 15) is 4.79 Å². The first-order valence-corrected chi connectivity index (χ1v) is 6.55. The normalized spacial score (nSPS) is 21.1. The maximum Gasteiger partial charge on any atom is 0.138 e. The summed E-state index contributed by atoms with van der Waals surface area (Å²) in [6.07, 6.45) is 0.643. The molecule has 0 N–H and O–H groups in total. The zero-order valence-electron chi connectivity index (χ0n) is 10.8. The lowest BCUT2D eigenvalue weighted by atomic mass is 9.98. The fourth-order valence-electron chi connectivity index (χ4n) is 2.35. The highest BCUT2D eigenvalue weighted by Gasteiger charge is 2.23. The Morgan fingerprint density at radius 2 is 2.28 bits per heavy atom. The van der Waals surface area contributed by atoms with Gasteiger partial charge in [-0.25, -0.2) is 0 Å².